The van der Waals surface area contributed by atoms with Gasteiger partial charge in [0.15, 0.2) is 10.8 Å². The molecule has 1 aromatic carbocycles. The second-order valence-corrected chi connectivity index (χ2v) is 6.16. The third kappa shape index (κ3) is 2.57. The Morgan fingerprint density at radius 2 is 2.04 bits per heavy atom. The zero-order chi connectivity index (χ0) is 15.6. The molecule has 0 fully saturated rings. The maximum Gasteiger partial charge on any atom is 0.183 e. The molecule has 23 heavy (non-hydrogen) atoms. The molecule has 5 nitrogen and oxygen atoms in total. The van der Waals surface area contributed by atoms with Gasteiger partial charge in [0.05, 0.1) is 4.88 Å². The van der Waals surface area contributed by atoms with Crippen LogP contribution in [0, 0.1) is 0 Å². The van der Waals surface area contributed by atoms with E-state index in [0.29, 0.717) is 0 Å². The van der Waals surface area contributed by atoms with E-state index in [1.807, 2.05) is 35.0 Å². The summed E-state index contributed by atoms with van der Waals surface area (Å²) in [4.78, 5) is 5.54. The van der Waals surface area contributed by atoms with Crippen molar-refractivity contribution in [2.45, 2.75) is 6.92 Å². The molecule has 0 spiro atoms. The van der Waals surface area contributed by atoms with Crippen molar-refractivity contribution in [3.05, 3.63) is 55.1 Å². The Kier molecular flexibility index (Phi) is 3.51. The molecule has 4 rings (SSSR count). The fraction of sp³-hybridized carbons (Fsp3) is 0.118. The van der Waals surface area contributed by atoms with Gasteiger partial charge in [0.1, 0.15) is 6.33 Å². The topological polar surface area (TPSA) is 55.1 Å². The van der Waals surface area contributed by atoms with Gasteiger partial charge in [-0.1, -0.05) is 41.7 Å². The predicted octanol–water partition coefficient (Wildman–Crippen LogP) is 3.95. The summed E-state index contributed by atoms with van der Waals surface area (Å²) in [6, 6.07) is 12.4. The first-order valence-electron chi connectivity index (χ1n) is 7.44. The van der Waals surface area contributed by atoms with Crippen LogP contribution >= 0.6 is 11.3 Å². The van der Waals surface area contributed by atoms with Crippen LogP contribution in [0.15, 0.2) is 55.1 Å². The van der Waals surface area contributed by atoms with E-state index in [-0.39, 0.29) is 0 Å². The highest BCUT2D eigenvalue weighted by molar-refractivity contribution is 7.18. The molecule has 0 aliphatic carbocycles. The summed E-state index contributed by atoms with van der Waals surface area (Å²) in [6.07, 6.45) is 5.69. The number of rotatable bonds is 4. The highest BCUT2D eigenvalue weighted by Crippen LogP contribution is 2.33. The average Bonchev–Trinajstić information content (AvgIpc) is 3.24. The molecule has 0 amide bonds. The number of fused-ring (bicyclic) bond motifs is 1. The Hall–Kier alpha value is -2.73. The molecule has 0 aliphatic rings. The Labute approximate surface area is 137 Å². The summed E-state index contributed by atoms with van der Waals surface area (Å²) in [5.74, 6) is 0. The minimum absolute atomic E-state index is 0.858. The second kappa shape index (κ2) is 5.81. The van der Waals surface area contributed by atoms with Gasteiger partial charge in [-0.25, -0.2) is 4.98 Å². The maximum atomic E-state index is 4.42. The highest BCUT2D eigenvalue weighted by atomic mass is 32.1. The van der Waals surface area contributed by atoms with Crippen LogP contribution in [0.3, 0.4) is 0 Å². The van der Waals surface area contributed by atoms with E-state index < -0.39 is 0 Å². The largest absolute Gasteiger partial charge is 0.362 e. The van der Waals surface area contributed by atoms with Crippen LogP contribution in [0.5, 0.6) is 0 Å². The van der Waals surface area contributed by atoms with E-state index >= 15 is 0 Å². The van der Waals surface area contributed by atoms with Crippen LogP contribution in [0.1, 0.15) is 6.92 Å². The Morgan fingerprint density at radius 3 is 2.87 bits per heavy atom. The maximum absolute atomic E-state index is 4.42. The van der Waals surface area contributed by atoms with E-state index in [1.165, 1.54) is 0 Å². The van der Waals surface area contributed by atoms with Gasteiger partial charge >= 0.3 is 0 Å². The Balaban J connectivity index is 1.88. The smallest absolute Gasteiger partial charge is 0.183 e. The summed E-state index contributed by atoms with van der Waals surface area (Å²) in [5.41, 5.74) is 4.16. The third-order valence-electron chi connectivity index (χ3n) is 3.59. The van der Waals surface area contributed by atoms with Crippen molar-refractivity contribution in [1.29, 1.82) is 0 Å². The molecule has 4 aromatic rings. The molecule has 0 saturated carbocycles. The zero-order valence-electron chi connectivity index (χ0n) is 12.6. The van der Waals surface area contributed by atoms with Crippen molar-refractivity contribution in [3.8, 4) is 21.6 Å². The van der Waals surface area contributed by atoms with Crippen LogP contribution in [0.2, 0.25) is 0 Å². The lowest BCUT2D eigenvalue weighted by molar-refractivity contribution is 1.10. The number of nitrogens with one attached hydrogen (secondary N) is 1. The summed E-state index contributed by atoms with van der Waals surface area (Å²) < 4.78 is 1.96. The molecule has 0 radical (unpaired) electrons. The first-order chi connectivity index (χ1) is 11.3. The summed E-state index contributed by atoms with van der Waals surface area (Å²) in [6.45, 7) is 2.94. The van der Waals surface area contributed by atoms with E-state index in [2.05, 4.69) is 45.6 Å². The first kappa shape index (κ1) is 13.9. The van der Waals surface area contributed by atoms with Gasteiger partial charge in [0.2, 0.25) is 0 Å². The molecule has 0 unspecified atom stereocenters. The molecule has 0 aliphatic heterocycles. The predicted molar refractivity (Wildman–Crippen MR) is 93.7 cm³/mol. The number of hydrogen-bond donors (Lipinski definition) is 1. The van der Waals surface area contributed by atoms with Crippen molar-refractivity contribution in [2.24, 2.45) is 0 Å². The van der Waals surface area contributed by atoms with Crippen molar-refractivity contribution in [2.75, 3.05) is 11.9 Å². The lowest BCUT2D eigenvalue weighted by Crippen LogP contribution is -1.94. The lowest BCUT2D eigenvalue weighted by atomic mass is 10.0. The highest BCUT2D eigenvalue weighted by Gasteiger charge is 2.11. The number of aromatic nitrogens is 4. The van der Waals surface area contributed by atoms with Gasteiger partial charge < -0.3 is 5.32 Å². The van der Waals surface area contributed by atoms with E-state index in [4.69, 9.17) is 0 Å². The molecule has 1 N–H and O–H groups in total. The molecule has 0 bridgehead atoms. The molecule has 3 heterocycles. The fourth-order valence-electron chi connectivity index (χ4n) is 2.54. The van der Waals surface area contributed by atoms with Crippen LogP contribution in [-0.4, -0.2) is 26.1 Å². The van der Waals surface area contributed by atoms with E-state index in [1.54, 1.807) is 17.7 Å². The van der Waals surface area contributed by atoms with Crippen molar-refractivity contribution < 1.29 is 0 Å². The molecule has 0 atom stereocenters. The third-order valence-corrected chi connectivity index (χ3v) is 4.60. The molecule has 0 saturated heterocycles. The summed E-state index contributed by atoms with van der Waals surface area (Å²) in [5, 5.41) is 12.5. The van der Waals surface area contributed by atoms with Crippen molar-refractivity contribution in [1.82, 2.24) is 19.6 Å². The molecular weight excluding hydrogens is 306 g/mol. The van der Waals surface area contributed by atoms with Gasteiger partial charge in [0.25, 0.3) is 0 Å². The van der Waals surface area contributed by atoms with Crippen LogP contribution < -0.4 is 5.32 Å². The molecular formula is C17H15N5S. The SMILES string of the molecule is CCNc1ncc(-c2cc(-c3ccccc3)c3nncn3c2)s1. The Bertz CT molecular complexity index is 942. The van der Waals surface area contributed by atoms with Gasteiger partial charge in [-0.2, -0.15) is 0 Å². The van der Waals surface area contributed by atoms with Crippen LogP contribution in [-0.2, 0) is 0 Å². The number of benzene rings is 1. The minimum Gasteiger partial charge on any atom is -0.362 e. The molecule has 6 heteroatoms. The zero-order valence-corrected chi connectivity index (χ0v) is 13.4. The van der Waals surface area contributed by atoms with E-state index in [9.17, 15) is 0 Å². The molecule has 114 valence electrons. The lowest BCUT2D eigenvalue weighted by Gasteiger charge is -2.06. The van der Waals surface area contributed by atoms with Gasteiger partial charge in [-0.15, -0.1) is 10.2 Å². The average molecular weight is 321 g/mol. The van der Waals surface area contributed by atoms with Crippen LogP contribution in [0.25, 0.3) is 27.2 Å². The molecule has 3 aromatic heterocycles. The van der Waals surface area contributed by atoms with Crippen molar-refractivity contribution in [3.63, 3.8) is 0 Å². The fourth-order valence-corrected chi connectivity index (χ4v) is 3.41. The number of nitrogens with zero attached hydrogens (tertiary/aromatic N) is 4. The number of thiazole rings is 1. The monoisotopic (exact) mass is 321 g/mol. The normalized spacial score (nSPS) is 11.0. The number of anilines is 1. The summed E-state index contributed by atoms with van der Waals surface area (Å²) in [7, 11) is 0. The van der Waals surface area contributed by atoms with E-state index in [0.717, 1.165) is 38.9 Å². The number of pyridine rings is 1. The van der Waals surface area contributed by atoms with Gasteiger partial charge in [-0.05, 0) is 18.6 Å². The quantitative estimate of drug-likeness (QED) is 0.618. The summed E-state index contributed by atoms with van der Waals surface area (Å²) >= 11 is 1.65. The van der Waals surface area contributed by atoms with Gasteiger partial charge in [0, 0.05) is 30.1 Å². The van der Waals surface area contributed by atoms with Gasteiger partial charge in [-0.3, -0.25) is 4.40 Å². The Morgan fingerprint density at radius 1 is 1.17 bits per heavy atom. The standard InChI is InChI=1S/C17H15N5S/c1-2-18-17-19-9-15(23-17)13-8-14(12-6-4-3-5-7-12)16-21-20-11-22(16)10-13/h3-11H,2H2,1H3,(H,18,19). The van der Waals surface area contributed by atoms with Crippen molar-refractivity contribution >= 4 is 22.1 Å². The van der Waals surface area contributed by atoms with Crippen LogP contribution in [0.4, 0.5) is 5.13 Å². The first-order valence-corrected chi connectivity index (χ1v) is 8.25. The second-order valence-electron chi connectivity index (χ2n) is 5.13. The number of hydrogen-bond acceptors (Lipinski definition) is 5. The minimum atomic E-state index is 0.858.